The highest BCUT2D eigenvalue weighted by Crippen LogP contribution is 2.41. The number of nitrogens with zero attached hydrogens (tertiary/aromatic N) is 5. The molecule has 7 heteroatoms. The molecule has 7 nitrogen and oxygen atoms in total. The summed E-state index contributed by atoms with van der Waals surface area (Å²) in [4.78, 5) is 20.7. The van der Waals surface area contributed by atoms with Crippen molar-refractivity contribution in [2.75, 3.05) is 33.3 Å². The SMILES string of the molecule is CN1CCC[C@]2(CO)CCN(C(=O)CCCn3cncn3)C[C@@H]12. The van der Waals surface area contributed by atoms with E-state index in [4.69, 9.17) is 0 Å². The molecule has 2 aliphatic heterocycles. The molecule has 1 aromatic heterocycles. The van der Waals surface area contributed by atoms with E-state index in [9.17, 15) is 9.90 Å². The molecule has 2 fully saturated rings. The molecule has 0 bridgehead atoms. The van der Waals surface area contributed by atoms with Crippen LogP contribution in [0.1, 0.15) is 32.1 Å². The molecule has 0 unspecified atom stereocenters. The Balaban J connectivity index is 1.54. The summed E-state index contributed by atoms with van der Waals surface area (Å²) >= 11 is 0. The fourth-order valence-electron chi connectivity index (χ4n) is 4.14. The zero-order valence-electron chi connectivity index (χ0n) is 13.9. The third kappa shape index (κ3) is 3.40. The van der Waals surface area contributed by atoms with E-state index in [1.807, 2.05) is 4.90 Å². The molecule has 3 heterocycles. The maximum Gasteiger partial charge on any atom is 0.222 e. The lowest BCUT2D eigenvalue weighted by atomic mass is 9.69. The second-order valence-electron chi connectivity index (χ2n) is 6.97. The standard InChI is InChI=1S/C16H27N5O2/c1-19-7-3-5-16(11-22)6-9-20(10-14(16)19)15(23)4-2-8-21-13-17-12-18-21/h12-14,22H,2-11H2,1H3/t14-,16-/m1/s1. The highest BCUT2D eigenvalue weighted by atomic mass is 16.3. The number of aliphatic hydroxyl groups is 1. The van der Waals surface area contributed by atoms with Crippen molar-refractivity contribution in [3.63, 3.8) is 0 Å². The number of hydrogen-bond donors (Lipinski definition) is 1. The van der Waals surface area contributed by atoms with Crippen LogP contribution in [0.25, 0.3) is 0 Å². The van der Waals surface area contributed by atoms with Crippen LogP contribution in [0.4, 0.5) is 0 Å². The van der Waals surface area contributed by atoms with Crippen molar-refractivity contribution in [1.82, 2.24) is 24.6 Å². The monoisotopic (exact) mass is 321 g/mol. The smallest absolute Gasteiger partial charge is 0.222 e. The molecular weight excluding hydrogens is 294 g/mol. The zero-order valence-corrected chi connectivity index (χ0v) is 13.9. The van der Waals surface area contributed by atoms with Gasteiger partial charge in [-0.05, 0) is 39.3 Å². The zero-order chi connectivity index (χ0) is 16.3. The second-order valence-corrected chi connectivity index (χ2v) is 6.97. The Morgan fingerprint density at radius 1 is 1.39 bits per heavy atom. The number of hydrogen-bond acceptors (Lipinski definition) is 5. The van der Waals surface area contributed by atoms with Gasteiger partial charge in [-0.25, -0.2) is 4.98 Å². The molecule has 0 saturated carbocycles. The number of rotatable bonds is 5. The number of likely N-dealkylation sites (tertiary alicyclic amines) is 2. The molecule has 128 valence electrons. The lowest BCUT2D eigenvalue weighted by Gasteiger charge is -2.53. The molecule has 0 spiro atoms. The lowest BCUT2D eigenvalue weighted by Crippen LogP contribution is -2.62. The van der Waals surface area contributed by atoms with Gasteiger partial charge in [-0.3, -0.25) is 9.48 Å². The summed E-state index contributed by atoms with van der Waals surface area (Å²) in [5, 5.41) is 14.0. The predicted octanol–water partition coefficient (Wildman–Crippen LogP) is 0.364. The predicted molar refractivity (Wildman–Crippen MR) is 85.6 cm³/mol. The molecule has 0 aromatic carbocycles. The van der Waals surface area contributed by atoms with E-state index in [0.717, 1.165) is 51.9 Å². The van der Waals surface area contributed by atoms with Gasteiger partial charge in [-0.15, -0.1) is 0 Å². The maximum absolute atomic E-state index is 12.5. The Morgan fingerprint density at radius 3 is 3.00 bits per heavy atom. The maximum atomic E-state index is 12.5. The number of amides is 1. The van der Waals surface area contributed by atoms with Gasteiger partial charge in [-0.1, -0.05) is 0 Å². The van der Waals surface area contributed by atoms with Crippen LogP contribution in [0.15, 0.2) is 12.7 Å². The molecule has 1 aromatic rings. The number of aromatic nitrogens is 3. The van der Waals surface area contributed by atoms with Crippen LogP contribution in [-0.4, -0.2) is 74.9 Å². The third-order valence-corrected chi connectivity index (χ3v) is 5.61. The van der Waals surface area contributed by atoms with E-state index in [-0.39, 0.29) is 24.0 Å². The highest BCUT2D eigenvalue weighted by molar-refractivity contribution is 5.76. The molecule has 2 atom stereocenters. The Labute approximate surface area is 137 Å². The fraction of sp³-hybridized carbons (Fsp3) is 0.812. The van der Waals surface area contributed by atoms with Gasteiger partial charge in [0, 0.05) is 37.5 Å². The van der Waals surface area contributed by atoms with Crippen molar-refractivity contribution in [2.24, 2.45) is 5.41 Å². The van der Waals surface area contributed by atoms with E-state index in [0.29, 0.717) is 6.42 Å². The molecule has 2 aliphatic rings. The second kappa shape index (κ2) is 6.97. The van der Waals surface area contributed by atoms with Gasteiger partial charge in [-0.2, -0.15) is 5.10 Å². The number of carbonyl (C=O) groups is 1. The van der Waals surface area contributed by atoms with E-state index in [1.54, 1.807) is 11.0 Å². The van der Waals surface area contributed by atoms with Gasteiger partial charge in [0.15, 0.2) is 0 Å². The summed E-state index contributed by atoms with van der Waals surface area (Å²) in [5.74, 6) is 0.218. The van der Waals surface area contributed by atoms with Crippen molar-refractivity contribution < 1.29 is 9.90 Å². The minimum Gasteiger partial charge on any atom is -0.396 e. The fourth-order valence-corrected chi connectivity index (χ4v) is 4.14. The Morgan fingerprint density at radius 2 is 2.26 bits per heavy atom. The van der Waals surface area contributed by atoms with E-state index in [2.05, 4.69) is 22.0 Å². The third-order valence-electron chi connectivity index (χ3n) is 5.61. The Kier molecular flexibility index (Phi) is 4.96. The first-order valence-corrected chi connectivity index (χ1v) is 8.56. The topological polar surface area (TPSA) is 74.5 Å². The summed E-state index contributed by atoms with van der Waals surface area (Å²) < 4.78 is 1.76. The first-order valence-electron chi connectivity index (χ1n) is 8.56. The largest absolute Gasteiger partial charge is 0.396 e. The van der Waals surface area contributed by atoms with Gasteiger partial charge in [0.05, 0.1) is 6.61 Å². The summed E-state index contributed by atoms with van der Waals surface area (Å²) in [6.45, 7) is 3.53. The van der Waals surface area contributed by atoms with Crippen molar-refractivity contribution >= 4 is 5.91 Å². The molecule has 3 rings (SSSR count). The molecule has 23 heavy (non-hydrogen) atoms. The number of carbonyl (C=O) groups excluding carboxylic acids is 1. The first kappa shape index (κ1) is 16.4. The van der Waals surface area contributed by atoms with Crippen LogP contribution < -0.4 is 0 Å². The molecule has 1 amide bonds. The van der Waals surface area contributed by atoms with E-state index in [1.165, 1.54) is 6.33 Å². The summed E-state index contributed by atoms with van der Waals surface area (Å²) in [6.07, 6.45) is 7.64. The van der Waals surface area contributed by atoms with Gasteiger partial charge < -0.3 is 14.9 Å². The molecule has 1 N–H and O–H groups in total. The number of likely N-dealkylation sites (N-methyl/N-ethyl adjacent to an activating group) is 1. The van der Waals surface area contributed by atoms with Crippen LogP contribution in [0.5, 0.6) is 0 Å². The highest BCUT2D eigenvalue weighted by Gasteiger charge is 2.47. The lowest BCUT2D eigenvalue weighted by molar-refractivity contribution is -0.140. The molecule has 0 radical (unpaired) electrons. The Bertz CT molecular complexity index is 521. The van der Waals surface area contributed by atoms with Crippen molar-refractivity contribution in [3.05, 3.63) is 12.7 Å². The van der Waals surface area contributed by atoms with Crippen LogP contribution in [0.3, 0.4) is 0 Å². The summed E-state index contributed by atoms with van der Waals surface area (Å²) in [6, 6.07) is 0.286. The quantitative estimate of drug-likeness (QED) is 0.848. The average Bonchev–Trinajstić information content (AvgIpc) is 3.08. The van der Waals surface area contributed by atoms with Gasteiger partial charge in [0.1, 0.15) is 12.7 Å². The Hall–Kier alpha value is -1.47. The molecular formula is C16H27N5O2. The molecule has 0 aliphatic carbocycles. The van der Waals surface area contributed by atoms with Crippen LogP contribution in [-0.2, 0) is 11.3 Å². The van der Waals surface area contributed by atoms with Crippen LogP contribution >= 0.6 is 0 Å². The minimum atomic E-state index is -0.00941. The first-order chi connectivity index (χ1) is 11.1. The van der Waals surface area contributed by atoms with Gasteiger partial charge >= 0.3 is 0 Å². The van der Waals surface area contributed by atoms with Gasteiger partial charge in [0.2, 0.25) is 5.91 Å². The number of aliphatic hydroxyl groups excluding tert-OH is 1. The van der Waals surface area contributed by atoms with E-state index < -0.39 is 0 Å². The van der Waals surface area contributed by atoms with Crippen molar-refractivity contribution in [1.29, 1.82) is 0 Å². The van der Waals surface area contributed by atoms with E-state index >= 15 is 0 Å². The van der Waals surface area contributed by atoms with Crippen molar-refractivity contribution in [2.45, 2.75) is 44.7 Å². The summed E-state index contributed by atoms with van der Waals surface area (Å²) in [5.41, 5.74) is -0.00941. The van der Waals surface area contributed by atoms with Crippen LogP contribution in [0.2, 0.25) is 0 Å². The van der Waals surface area contributed by atoms with Gasteiger partial charge in [0.25, 0.3) is 0 Å². The number of aryl methyl sites for hydroxylation is 1. The number of fused-ring (bicyclic) bond motifs is 1. The number of piperidine rings is 2. The normalized spacial score (nSPS) is 28.6. The van der Waals surface area contributed by atoms with Crippen molar-refractivity contribution in [3.8, 4) is 0 Å². The average molecular weight is 321 g/mol. The molecule has 2 saturated heterocycles. The van der Waals surface area contributed by atoms with Crippen LogP contribution in [0, 0.1) is 5.41 Å². The summed E-state index contributed by atoms with van der Waals surface area (Å²) in [7, 11) is 2.12. The minimum absolute atomic E-state index is 0.00941.